The van der Waals surface area contributed by atoms with E-state index in [9.17, 15) is 43.2 Å². The lowest BCUT2D eigenvalue weighted by atomic mass is 10.0. The summed E-state index contributed by atoms with van der Waals surface area (Å²) >= 11 is 0. The highest BCUT2D eigenvalue weighted by molar-refractivity contribution is 7.47. The van der Waals surface area contributed by atoms with Crippen LogP contribution < -0.4 is 0 Å². The van der Waals surface area contributed by atoms with E-state index in [4.69, 9.17) is 37.0 Å². The summed E-state index contributed by atoms with van der Waals surface area (Å²) in [5.41, 5.74) is 0. The van der Waals surface area contributed by atoms with Crippen molar-refractivity contribution in [2.75, 3.05) is 39.6 Å². The van der Waals surface area contributed by atoms with Crippen LogP contribution in [0.3, 0.4) is 0 Å². The average Bonchev–Trinajstić information content (AvgIpc) is 1.60. The average molecular weight is 1450 g/mol. The maximum Gasteiger partial charge on any atom is 0.472 e. The molecule has 0 amide bonds. The molecular formula is C80H156O17P2. The van der Waals surface area contributed by atoms with E-state index in [2.05, 4.69) is 55.4 Å². The molecule has 0 aliphatic rings. The summed E-state index contributed by atoms with van der Waals surface area (Å²) in [6, 6.07) is 0. The monoisotopic (exact) mass is 1450 g/mol. The zero-order valence-electron chi connectivity index (χ0n) is 65.1. The Kier molecular flexibility index (Phi) is 67.8. The predicted molar refractivity (Wildman–Crippen MR) is 404 cm³/mol. The van der Waals surface area contributed by atoms with E-state index in [0.717, 1.165) is 114 Å². The third kappa shape index (κ3) is 74.1. The minimum Gasteiger partial charge on any atom is -0.462 e. The minimum absolute atomic E-state index is 0.105. The molecule has 0 aliphatic heterocycles. The molecule has 0 bridgehead atoms. The molecule has 588 valence electrons. The third-order valence-corrected chi connectivity index (χ3v) is 20.5. The molecule has 19 heteroatoms. The fourth-order valence-electron chi connectivity index (χ4n) is 12.3. The number of carbonyl (C=O) groups excluding carboxylic acids is 4. The minimum atomic E-state index is -4.96. The van der Waals surface area contributed by atoms with Gasteiger partial charge in [0.15, 0.2) is 12.2 Å². The summed E-state index contributed by atoms with van der Waals surface area (Å²) in [4.78, 5) is 73.0. The molecule has 5 atom stereocenters. The van der Waals surface area contributed by atoms with Crippen LogP contribution in [-0.2, 0) is 65.4 Å². The van der Waals surface area contributed by atoms with Crippen LogP contribution in [0, 0.1) is 23.7 Å². The van der Waals surface area contributed by atoms with Gasteiger partial charge in [0.2, 0.25) is 0 Å². The van der Waals surface area contributed by atoms with Gasteiger partial charge in [0.1, 0.15) is 19.3 Å². The van der Waals surface area contributed by atoms with Gasteiger partial charge in [-0.2, -0.15) is 0 Å². The molecule has 0 aliphatic carbocycles. The van der Waals surface area contributed by atoms with E-state index in [-0.39, 0.29) is 25.7 Å². The van der Waals surface area contributed by atoms with Crippen molar-refractivity contribution in [3.05, 3.63) is 0 Å². The molecule has 0 heterocycles. The number of rotatable bonds is 77. The number of carbonyl (C=O) groups is 4. The van der Waals surface area contributed by atoms with Gasteiger partial charge in [-0.15, -0.1) is 0 Å². The van der Waals surface area contributed by atoms with Crippen LogP contribution in [0.1, 0.15) is 409 Å². The Labute approximate surface area is 607 Å². The Morgan fingerprint density at radius 2 is 0.424 bits per heavy atom. The summed E-state index contributed by atoms with van der Waals surface area (Å²) in [6.45, 7) is 14.2. The van der Waals surface area contributed by atoms with Gasteiger partial charge >= 0.3 is 39.5 Å². The van der Waals surface area contributed by atoms with Crippen molar-refractivity contribution in [3.8, 4) is 0 Å². The number of unbranched alkanes of at least 4 members (excludes halogenated alkanes) is 43. The van der Waals surface area contributed by atoms with Gasteiger partial charge in [-0.1, -0.05) is 357 Å². The molecule has 0 spiro atoms. The predicted octanol–water partition coefficient (Wildman–Crippen LogP) is 23.6. The quantitative estimate of drug-likeness (QED) is 0.0222. The van der Waals surface area contributed by atoms with Crippen LogP contribution >= 0.6 is 15.6 Å². The van der Waals surface area contributed by atoms with Crippen molar-refractivity contribution in [1.82, 2.24) is 0 Å². The van der Waals surface area contributed by atoms with Crippen LogP contribution in [0.5, 0.6) is 0 Å². The number of esters is 4. The highest BCUT2D eigenvalue weighted by Crippen LogP contribution is 2.45. The van der Waals surface area contributed by atoms with Gasteiger partial charge in [0.05, 0.1) is 26.4 Å². The maximum atomic E-state index is 13.1. The lowest BCUT2D eigenvalue weighted by molar-refractivity contribution is -0.161. The second kappa shape index (κ2) is 69.1. The van der Waals surface area contributed by atoms with E-state index >= 15 is 0 Å². The number of phosphoric acid groups is 2. The SMILES string of the molecule is CC(C)CCCCCCCCCCCCCCCCCCCCC(=O)O[C@H](COC(=O)CCCCCCCCCCCCCC(C)C)COP(=O)(O)OC[C@@H](O)COP(=O)(O)OC[C@@H](COC(=O)CCCCCCCCCCCC(C)C)OC(=O)CCCCCCCCCCCC(C)C. The van der Waals surface area contributed by atoms with Crippen LogP contribution in [0.25, 0.3) is 0 Å². The molecule has 3 N–H and O–H groups in total. The van der Waals surface area contributed by atoms with Gasteiger partial charge in [-0.05, 0) is 49.4 Å². The highest BCUT2D eigenvalue weighted by Gasteiger charge is 2.30. The molecular weight excluding hydrogens is 1290 g/mol. The standard InChI is InChI=1S/C80H156O17P2/c1-70(2)56-48-40-32-24-18-15-13-11-9-10-12-14-16-20-29-38-46-54-62-79(84)96-75(66-90-77(82)60-52-44-36-28-21-17-19-25-33-41-49-57-71(3)4)68-94-98(86,87)92-64-74(81)65-93-99(88,89)95-69-76(97-80(85)63-55-47-39-31-23-27-35-43-51-59-73(7)8)67-91-78(83)61-53-45-37-30-22-26-34-42-50-58-72(5)6/h70-76,81H,9-69H2,1-8H3,(H,86,87)(H,88,89)/t74-,75-,76-/m1/s1. The van der Waals surface area contributed by atoms with Crippen LogP contribution in [-0.4, -0.2) is 96.7 Å². The largest absolute Gasteiger partial charge is 0.472 e. The molecule has 17 nitrogen and oxygen atoms in total. The Hall–Kier alpha value is -1.94. The van der Waals surface area contributed by atoms with E-state index < -0.39 is 97.5 Å². The zero-order valence-corrected chi connectivity index (χ0v) is 66.9. The summed E-state index contributed by atoms with van der Waals surface area (Å²) < 4.78 is 68.7. The molecule has 0 saturated heterocycles. The molecule has 0 aromatic carbocycles. The van der Waals surface area contributed by atoms with Crippen molar-refractivity contribution < 1.29 is 80.2 Å². The molecule has 0 saturated carbocycles. The number of phosphoric ester groups is 2. The normalized spacial score (nSPS) is 14.1. The fraction of sp³-hybridized carbons (Fsp3) is 0.950. The molecule has 0 fully saturated rings. The van der Waals surface area contributed by atoms with Gasteiger partial charge in [0, 0.05) is 25.7 Å². The summed E-state index contributed by atoms with van der Waals surface area (Å²) in [5.74, 6) is 0.955. The van der Waals surface area contributed by atoms with Crippen LogP contribution in [0.4, 0.5) is 0 Å². The van der Waals surface area contributed by atoms with E-state index in [1.165, 1.54) is 212 Å². The third-order valence-electron chi connectivity index (χ3n) is 18.6. The van der Waals surface area contributed by atoms with Crippen LogP contribution in [0.15, 0.2) is 0 Å². The zero-order chi connectivity index (χ0) is 73.1. The van der Waals surface area contributed by atoms with Gasteiger partial charge in [0.25, 0.3) is 0 Å². The Balaban J connectivity index is 5.23. The maximum absolute atomic E-state index is 13.1. The molecule has 0 aromatic heterocycles. The number of aliphatic hydroxyl groups excluding tert-OH is 1. The number of ether oxygens (including phenoxy) is 4. The van der Waals surface area contributed by atoms with Crippen LogP contribution in [0.2, 0.25) is 0 Å². The van der Waals surface area contributed by atoms with E-state index in [0.29, 0.717) is 25.7 Å². The lowest BCUT2D eigenvalue weighted by Gasteiger charge is -2.21. The molecule has 0 rings (SSSR count). The van der Waals surface area contributed by atoms with Crippen molar-refractivity contribution in [3.63, 3.8) is 0 Å². The first-order valence-corrected chi connectivity index (χ1v) is 44.2. The van der Waals surface area contributed by atoms with Crippen molar-refractivity contribution in [2.45, 2.75) is 427 Å². The van der Waals surface area contributed by atoms with Crippen molar-refractivity contribution in [1.29, 1.82) is 0 Å². The lowest BCUT2D eigenvalue weighted by Crippen LogP contribution is -2.30. The highest BCUT2D eigenvalue weighted by atomic mass is 31.2. The molecule has 2 unspecified atom stereocenters. The van der Waals surface area contributed by atoms with Crippen molar-refractivity contribution in [2.24, 2.45) is 23.7 Å². The first-order valence-electron chi connectivity index (χ1n) is 41.2. The van der Waals surface area contributed by atoms with Crippen molar-refractivity contribution >= 4 is 39.5 Å². The summed E-state index contributed by atoms with van der Waals surface area (Å²) in [5, 5.41) is 10.6. The van der Waals surface area contributed by atoms with Gasteiger partial charge in [-0.25, -0.2) is 9.13 Å². The summed E-state index contributed by atoms with van der Waals surface area (Å²) in [7, 11) is -9.92. The van der Waals surface area contributed by atoms with Gasteiger partial charge < -0.3 is 33.8 Å². The summed E-state index contributed by atoms with van der Waals surface area (Å²) in [6.07, 6.45) is 55.6. The first-order chi connectivity index (χ1) is 47.6. The fourth-order valence-corrected chi connectivity index (χ4v) is 13.8. The second-order valence-electron chi connectivity index (χ2n) is 30.7. The second-order valence-corrected chi connectivity index (χ2v) is 33.6. The first kappa shape index (κ1) is 97.1. The van der Waals surface area contributed by atoms with E-state index in [1.54, 1.807) is 0 Å². The van der Waals surface area contributed by atoms with Gasteiger partial charge in [-0.3, -0.25) is 37.3 Å². The number of hydrogen-bond acceptors (Lipinski definition) is 15. The molecule has 0 aromatic rings. The Morgan fingerprint density at radius 3 is 0.626 bits per heavy atom. The smallest absolute Gasteiger partial charge is 0.462 e. The molecule has 0 radical (unpaired) electrons. The topological polar surface area (TPSA) is 237 Å². The number of aliphatic hydroxyl groups is 1. The molecule has 99 heavy (non-hydrogen) atoms. The Morgan fingerprint density at radius 1 is 0.253 bits per heavy atom. The number of hydrogen-bond donors (Lipinski definition) is 3. The Bertz CT molecular complexity index is 1940. The van der Waals surface area contributed by atoms with E-state index in [1.807, 2.05) is 0 Å².